The standard InChI is InChI=1S/C11H6F4N2O/c12-9-6(5-18)2-1-3-7(9)10-8(4-16-17-10)11(13,14)15/h1-5H,(H,16,17). The molecule has 0 atom stereocenters. The van der Waals surface area contributed by atoms with E-state index in [2.05, 4.69) is 10.2 Å². The van der Waals surface area contributed by atoms with Crippen LogP contribution in [0.4, 0.5) is 17.6 Å². The predicted octanol–water partition coefficient (Wildman–Crippen LogP) is 3.05. The summed E-state index contributed by atoms with van der Waals surface area (Å²) in [6.45, 7) is 0. The van der Waals surface area contributed by atoms with Crippen LogP contribution < -0.4 is 0 Å². The van der Waals surface area contributed by atoms with Gasteiger partial charge in [-0.05, 0) is 12.1 Å². The lowest BCUT2D eigenvalue weighted by Gasteiger charge is -2.08. The van der Waals surface area contributed by atoms with Gasteiger partial charge in [-0.25, -0.2) is 4.39 Å². The second-order valence-corrected chi connectivity index (χ2v) is 3.48. The van der Waals surface area contributed by atoms with Crippen molar-refractivity contribution in [2.24, 2.45) is 0 Å². The van der Waals surface area contributed by atoms with E-state index in [1.807, 2.05) is 0 Å². The number of aldehydes is 1. The number of benzene rings is 1. The number of alkyl halides is 3. The Kier molecular flexibility index (Phi) is 2.90. The first-order valence-corrected chi connectivity index (χ1v) is 4.79. The number of nitrogens with zero attached hydrogens (tertiary/aromatic N) is 1. The summed E-state index contributed by atoms with van der Waals surface area (Å²) in [5.74, 6) is -1.01. The van der Waals surface area contributed by atoms with E-state index in [1.165, 1.54) is 12.1 Å². The van der Waals surface area contributed by atoms with Gasteiger partial charge < -0.3 is 0 Å². The highest BCUT2D eigenvalue weighted by atomic mass is 19.4. The molecule has 1 aromatic carbocycles. The Hall–Kier alpha value is -2.18. The fraction of sp³-hybridized carbons (Fsp3) is 0.0909. The monoisotopic (exact) mass is 258 g/mol. The number of aromatic nitrogens is 2. The van der Waals surface area contributed by atoms with Crippen LogP contribution in [-0.2, 0) is 6.18 Å². The molecular weight excluding hydrogens is 252 g/mol. The Bertz CT molecular complexity index is 589. The van der Waals surface area contributed by atoms with Crippen LogP contribution in [0.5, 0.6) is 0 Å². The van der Waals surface area contributed by atoms with Crippen molar-refractivity contribution in [1.82, 2.24) is 10.2 Å². The molecule has 2 rings (SSSR count). The van der Waals surface area contributed by atoms with Gasteiger partial charge in [-0.2, -0.15) is 18.3 Å². The smallest absolute Gasteiger partial charge is 0.298 e. The number of H-pyrrole nitrogens is 1. The van der Waals surface area contributed by atoms with Gasteiger partial charge in [-0.15, -0.1) is 0 Å². The number of carbonyl (C=O) groups is 1. The highest BCUT2D eigenvalue weighted by molar-refractivity contribution is 5.79. The van der Waals surface area contributed by atoms with Crippen molar-refractivity contribution in [3.63, 3.8) is 0 Å². The van der Waals surface area contributed by atoms with Crippen molar-refractivity contribution in [1.29, 1.82) is 0 Å². The summed E-state index contributed by atoms with van der Waals surface area (Å²) < 4.78 is 51.6. The zero-order chi connectivity index (χ0) is 13.3. The fourth-order valence-electron chi connectivity index (χ4n) is 1.54. The lowest BCUT2D eigenvalue weighted by molar-refractivity contribution is -0.137. The van der Waals surface area contributed by atoms with E-state index in [4.69, 9.17) is 0 Å². The van der Waals surface area contributed by atoms with Crippen molar-refractivity contribution in [3.8, 4) is 11.3 Å². The average Bonchev–Trinajstić information content (AvgIpc) is 2.78. The maximum atomic E-state index is 13.8. The SMILES string of the molecule is O=Cc1cccc(-c2[nH]ncc2C(F)(F)F)c1F. The molecule has 0 aliphatic carbocycles. The molecule has 0 aliphatic rings. The molecule has 3 nitrogen and oxygen atoms in total. The Morgan fingerprint density at radius 1 is 1.28 bits per heavy atom. The maximum Gasteiger partial charge on any atom is 0.420 e. The van der Waals surface area contributed by atoms with Gasteiger partial charge in [0.2, 0.25) is 0 Å². The molecule has 18 heavy (non-hydrogen) atoms. The first-order chi connectivity index (χ1) is 8.45. The number of aromatic amines is 1. The second-order valence-electron chi connectivity index (χ2n) is 3.48. The lowest BCUT2D eigenvalue weighted by atomic mass is 10.0. The molecule has 1 N–H and O–H groups in total. The molecule has 1 aromatic heterocycles. The Morgan fingerprint density at radius 3 is 2.61 bits per heavy atom. The minimum atomic E-state index is -4.65. The Balaban J connectivity index is 2.64. The van der Waals surface area contributed by atoms with E-state index in [9.17, 15) is 22.4 Å². The highest BCUT2D eigenvalue weighted by Crippen LogP contribution is 2.36. The zero-order valence-corrected chi connectivity index (χ0v) is 8.75. The van der Waals surface area contributed by atoms with Gasteiger partial charge in [-0.1, -0.05) is 6.07 Å². The van der Waals surface area contributed by atoms with Crippen LogP contribution in [0, 0.1) is 5.82 Å². The van der Waals surface area contributed by atoms with Crippen LogP contribution in [0.15, 0.2) is 24.4 Å². The van der Waals surface area contributed by atoms with Crippen LogP contribution in [-0.4, -0.2) is 16.5 Å². The van der Waals surface area contributed by atoms with Gasteiger partial charge in [0.25, 0.3) is 0 Å². The van der Waals surface area contributed by atoms with Crippen molar-refractivity contribution < 1.29 is 22.4 Å². The highest BCUT2D eigenvalue weighted by Gasteiger charge is 2.36. The molecule has 1 heterocycles. The van der Waals surface area contributed by atoms with Crippen LogP contribution in [0.25, 0.3) is 11.3 Å². The Labute approximate surface area is 98.4 Å². The van der Waals surface area contributed by atoms with E-state index in [0.717, 1.165) is 6.07 Å². The van der Waals surface area contributed by atoms with Gasteiger partial charge in [-0.3, -0.25) is 9.89 Å². The molecule has 94 valence electrons. The van der Waals surface area contributed by atoms with Crippen molar-refractivity contribution in [2.75, 3.05) is 0 Å². The number of carbonyl (C=O) groups excluding carboxylic acids is 1. The minimum absolute atomic E-state index is 0.239. The number of hydrogen-bond donors (Lipinski definition) is 1. The molecule has 0 unspecified atom stereocenters. The summed E-state index contributed by atoms with van der Waals surface area (Å²) in [6.07, 6.45) is -3.84. The van der Waals surface area contributed by atoms with Crippen molar-refractivity contribution in [3.05, 3.63) is 41.3 Å². The van der Waals surface area contributed by atoms with Gasteiger partial charge in [0.1, 0.15) is 11.4 Å². The summed E-state index contributed by atoms with van der Waals surface area (Å²) in [4.78, 5) is 10.5. The molecule has 0 saturated carbocycles. The molecule has 7 heteroatoms. The first-order valence-electron chi connectivity index (χ1n) is 4.79. The van der Waals surface area contributed by atoms with Gasteiger partial charge in [0.05, 0.1) is 17.5 Å². The first kappa shape index (κ1) is 12.3. The van der Waals surface area contributed by atoms with Crippen LogP contribution in [0.3, 0.4) is 0 Å². The molecule has 2 aromatic rings. The topological polar surface area (TPSA) is 45.8 Å². The number of halogens is 4. The zero-order valence-electron chi connectivity index (χ0n) is 8.75. The lowest BCUT2D eigenvalue weighted by Crippen LogP contribution is -2.06. The molecule has 0 bridgehead atoms. The number of nitrogens with one attached hydrogen (secondary N) is 1. The third kappa shape index (κ3) is 1.99. The summed E-state index contributed by atoms with van der Waals surface area (Å²) in [7, 11) is 0. The maximum absolute atomic E-state index is 13.8. The molecule has 0 amide bonds. The average molecular weight is 258 g/mol. The van der Waals surface area contributed by atoms with Gasteiger partial charge >= 0.3 is 6.18 Å². The van der Waals surface area contributed by atoms with Crippen molar-refractivity contribution in [2.45, 2.75) is 6.18 Å². The quantitative estimate of drug-likeness (QED) is 0.664. The van der Waals surface area contributed by atoms with E-state index < -0.39 is 23.3 Å². The van der Waals surface area contributed by atoms with Crippen molar-refractivity contribution >= 4 is 6.29 Å². The van der Waals surface area contributed by atoms with Gasteiger partial charge in [0.15, 0.2) is 6.29 Å². The molecule has 0 fully saturated rings. The normalized spacial score (nSPS) is 11.6. The van der Waals surface area contributed by atoms with Gasteiger partial charge in [0, 0.05) is 5.56 Å². The molecule has 0 saturated heterocycles. The molecular formula is C11H6F4N2O. The summed E-state index contributed by atoms with van der Waals surface area (Å²) in [5, 5.41) is 5.36. The third-order valence-electron chi connectivity index (χ3n) is 2.37. The third-order valence-corrected chi connectivity index (χ3v) is 2.37. The van der Waals surface area contributed by atoms with E-state index >= 15 is 0 Å². The molecule has 0 spiro atoms. The number of rotatable bonds is 2. The fourth-order valence-corrected chi connectivity index (χ4v) is 1.54. The predicted molar refractivity (Wildman–Crippen MR) is 54.4 cm³/mol. The number of hydrogen-bond acceptors (Lipinski definition) is 2. The van der Waals surface area contributed by atoms with E-state index in [-0.39, 0.29) is 17.4 Å². The summed E-state index contributed by atoms with van der Waals surface area (Å²) >= 11 is 0. The molecule has 0 radical (unpaired) electrons. The Morgan fingerprint density at radius 2 is 2.00 bits per heavy atom. The summed E-state index contributed by atoms with van der Waals surface area (Å²) in [5.41, 5.74) is -2.23. The second kappa shape index (κ2) is 4.25. The summed E-state index contributed by atoms with van der Waals surface area (Å²) in [6, 6.07) is 3.61. The minimum Gasteiger partial charge on any atom is -0.298 e. The molecule has 0 aliphatic heterocycles. The van der Waals surface area contributed by atoms with Crippen LogP contribution >= 0.6 is 0 Å². The van der Waals surface area contributed by atoms with E-state index in [1.54, 1.807) is 0 Å². The van der Waals surface area contributed by atoms with E-state index in [0.29, 0.717) is 6.20 Å². The van der Waals surface area contributed by atoms with Crippen LogP contribution in [0.2, 0.25) is 0 Å². The van der Waals surface area contributed by atoms with Crippen LogP contribution in [0.1, 0.15) is 15.9 Å². The largest absolute Gasteiger partial charge is 0.420 e.